The highest BCUT2D eigenvalue weighted by Crippen LogP contribution is 2.23. The first-order valence-electron chi connectivity index (χ1n) is 11.5. The molecular weight excluding hydrogens is 486 g/mol. The number of aryl methyl sites for hydroxylation is 1. The van der Waals surface area contributed by atoms with Gasteiger partial charge in [-0.2, -0.15) is 0 Å². The lowest BCUT2D eigenvalue weighted by atomic mass is 10.2. The number of fused-ring (bicyclic) bond motifs is 1. The quantitative estimate of drug-likeness (QED) is 0.525. The van der Waals surface area contributed by atoms with Gasteiger partial charge in [-0.1, -0.05) is 17.7 Å². The second kappa shape index (κ2) is 9.51. The minimum atomic E-state index is -3.85. The fourth-order valence-electron chi connectivity index (χ4n) is 3.91. The molecule has 1 fully saturated rings. The number of ether oxygens (including phenoxy) is 1. The number of likely N-dealkylation sites (tertiary alicyclic amines) is 1. The molecule has 11 nitrogen and oxygen atoms in total. The number of carbonyl (C=O) groups is 2. The monoisotopic (exact) mass is 515 g/mol. The smallest absolute Gasteiger partial charge is 0.411 e. The third-order valence-corrected chi connectivity index (χ3v) is 7.32. The SMILES string of the molecule is Cc1ccc(S(=O)(=O)n2ccc3nc(CNC(=O)C4CC(O)CN4C(=O)OC(C)(C)C)cnc32)cc1. The Hall–Kier alpha value is -3.51. The van der Waals surface area contributed by atoms with Crippen LogP contribution in [0.5, 0.6) is 0 Å². The summed E-state index contributed by atoms with van der Waals surface area (Å²) >= 11 is 0. The van der Waals surface area contributed by atoms with Crippen molar-refractivity contribution >= 4 is 33.2 Å². The fraction of sp³-hybridized carbons (Fsp3) is 0.417. The van der Waals surface area contributed by atoms with E-state index in [1.807, 2.05) is 6.92 Å². The Morgan fingerprint density at radius 2 is 1.89 bits per heavy atom. The lowest BCUT2D eigenvalue weighted by Gasteiger charge is -2.27. The van der Waals surface area contributed by atoms with E-state index in [-0.39, 0.29) is 30.1 Å². The van der Waals surface area contributed by atoms with Crippen LogP contribution < -0.4 is 5.32 Å². The Morgan fingerprint density at radius 3 is 2.56 bits per heavy atom. The van der Waals surface area contributed by atoms with Crippen LogP contribution in [0.15, 0.2) is 47.6 Å². The number of benzene rings is 1. The molecular formula is C24H29N5O6S. The third kappa shape index (κ3) is 5.34. The normalized spacial score (nSPS) is 18.4. The summed E-state index contributed by atoms with van der Waals surface area (Å²) in [5.41, 5.74) is 1.13. The van der Waals surface area contributed by atoms with E-state index < -0.39 is 39.8 Å². The number of nitrogens with zero attached hydrogens (tertiary/aromatic N) is 4. The van der Waals surface area contributed by atoms with Gasteiger partial charge in [-0.3, -0.25) is 9.69 Å². The largest absolute Gasteiger partial charge is 0.444 e. The molecule has 0 bridgehead atoms. The summed E-state index contributed by atoms with van der Waals surface area (Å²) in [6.45, 7) is 7.05. The number of hydrogen-bond donors (Lipinski definition) is 2. The van der Waals surface area contributed by atoms with E-state index >= 15 is 0 Å². The van der Waals surface area contributed by atoms with Crippen LogP contribution in [0, 0.1) is 6.92 Å². The van der Waals surface area contributed by atoms with Crippen molar-refractivity contribution in [3.8, 4) is 0 Å². The van der Waals surface area contributed by atoms with Crippen LogP contribution in [0.1, 0.15) is 38.4 Å². The third-order valence-electron chi connectivity index (χ3n) is 5.64. The van der Waals surface area contributed by atoms with E-state index in [9.17, 15) is 23.1 Å². The van der Waals surface area contributed by atoms with Crippen LogP contribution >= 0.6 is 0 Å². The first-order valence-corrected chi connectivity index (χ1v) is 12.9. The second-order valence-corrected chi connectivity index (χ2v) is 11.6. The van der Waals surface area contributed by atoms with Gasteiger partial charge in [0.25, 0.3) is 10.0 Å². The Labute approximate surface area is 209 Å². The van der Waals surface area contributed by atoms with E-state index in [0.29, 0.717) is 11.2 Å². The van der Waals surface area contributed by atoms with Gasteiger partial charge in [0.15, 0.2) is 5.65 Å². The van der Waals surface area contributed by atoms with Gasteiger partial charge in [0.2, 0.25) is 5.91 Å². The van der Waals surface area contributed by atoms with Crippen LogP contribution in [-0.4, -0.2) is 68.7 Å². The maximum absolute atomic E-state index is 13.0. The summed E-state index contributed by atoms with van der Waals surface area (Å²) in [5, 5.41) is 12.7. The van der Waals surface area contributed by atoms with Crippen molar-refractivity contribution in [3.05, 3.63) is 54.0 Å². The van der Waals surface area contributed by atoms with E-state index in [4.69, 9.17) is 4.74 Å². The van der Waals surface area contributed by atoms with E-state index in [0.717, 1.165) is 9.54 Å². The van der Waals surface area contributed by atoms with E-state index in [1.165, 1.54) is 35.5 Å². The van der Waals surface area contributed by atoms with Crippen molar-refractivity contribution in [2.24, 2.45) is 0 Å². The van der Waals surface area contributed by atoms with Gasteiger partial charge in [-0.05, 0) is 45.9 Å². The molecule has 4 rings (SSSR count). The highest BCUT2D eigenvalue weighted by Gasteiger charge is 2.40. The summed E-state index contributed by atoms with van der Waals surface area (Å²) in [6.07, 6.45) is 1.37. The molecule has 3 heterocycles. The predicted molar refractivity (Wildman–Crippen MR) is 130 cm³/mol. The van der Waals surface area contributed by atoms with Crippen LogP contribution in [0.25, 0.3) is 11.2 Å². The highest BCUT2D eigenvalue weighted by molar-refractivity contribution is 7.90. The molecule has 0 spiro atoms. The summed E-state index contributed by atoms with van der Waals surface area (Å²) in [7, 11) is -3.85. The summed E-state index contributed by atoms with van der Waals surface area (Å²) in [5.74, 6) is -0.459. The Bertz CT molecular complexity index is 1390. The number of rotatable bonds is 5. The number of aliphatic hydroxyl groups is 1. The van der Waals surface area contributed by atoms with Gasteiger partial charge in [-0.25, -0.2) is 27.2 Å². The zero-order chi connectivity index (χ0) is 26.3. The molecule has 1 aliphatic rings. The van der Waals surface area contributed by atoms with Crippen LogP contribution in [0.3, 0.4) is 0 Å². The van der Waals surface area contributed by atoms with Gasteiger partial charge in [0.05, 0.1) is 36.0 Å². The second-order valence-electron chi connectivity index (χ2n) is 9.76. The number of aliphatic hydroxyl groups excluding tert-OH is 1. The maximum Gasteiger partial charge on any atom is 0.411 e. The topological polar surface area (TPSA) is 144 Å². The van der Waals surface area contributed by atoms with Gasteiger partial charge in [0, 0.05) is 12.6 Å². The molecule has 36 heavy (non-hydrogen) atoms. The van der Waals surface area contributed by atoms with E-state index in [1.54, 1.807) is 32.9 Å². The first-order chi connectivity index (χ1) is 16.8. The number of hydrogen-bond acceptors (Lipinski definition) is 8. The number of β-amino-alcohol motifs (C(OH)–C–C–N with tert-alkyl or cyclic N) is 1. The average Bonchev–Trinajstić information content (AvgIpc) is 3.40. The number of nitrogens with one attached hydrogen (secondary N) is 1. The Morgan fingerprint density at radius 1 is 1.19 bits per heavy atom. The minimum Gasteiger partial charge on any atom is -0.444 e. The summed E-state index contributed by atoms with van der Waals surface area (Å²) in [6, 6.07) is 7.17. The van der Waals surface area contributed by atoms with Gasteiger partial charge < -0.3 is 15.2 Å². The highest BCUT2D eigenvalue weighted by atomic mass is 32.2. The van der Waals surface area contributed by atoms with Crippen molar-refractivity contribution in [3.63, 3.8) is 0 Å². The van der Waals surface area contributed by atoms with Gasteiger partial charge in [-0.15, -0.1) is 0 Å². The van der Waals surface area contributed by atoms with Gasteiger partial charge >= 0.3 is 6.09 Å². The van der Waals surface area contributed by atoms with E-state index in [2.05, 4.69) is 15.3 Å². The standard InChI is InChI=1S/C24H29N5O6S/c1-15-5-7-18(8-6-15)36(33,34)29-10-9-19-21(29)25-12-16(27-19)13-26-22(31)20-11-17(30)14-28(20)23(32)35-24(2,3)4/h5-10,12,17,20,30H,11,13-14H2,1-4H3,(H,26,31). The molecule has 2 N–H and O–H groups in total. The maximum atomic E-state index is 13.0. The molecule has 1 aliphatic heterocycles. The molecule has 2 amide bonds. The molecule has 12 heteroatoms. The molecule has 0 aliphatic carbocycles. The van der Waals surface area contributed by atoms with Crippen LogP contribution in [0.2, 0.25) is 0 Å². The van der Waals surface area contributed by atoms with Crippen LogP contribution in [-0.2, 0) is 26.1 Å². The average molecular weight is 516 g/mol. The molecule has 0 saturated carbocycles. The molecule has 2 unspecified atom stereocenters. The zero-order valence-electron chi connectivity index (χ0n) is 20.5. The number of aromatic nitrogens is 3. The van der Waals surface area contributed by atoms with Crippen molar-refractivity contribution in [2.45, 2.75) is 63.3 Å². The Balaban J connectivity index is 1.47. The minimum absolute atomic E-state index is 0.00172. The summed E-state index contributed by atoms with van der Waals surface area (Å²) in [4.78, 5) is 35.3. The molecule has 192 valence electrons. The van der Waals surface area contributed by atoms with Crippen molar-refractivity contribution in [2.75, 3.05) is 6.54 Å². The predicted octanol–water partition coefficient (Wildman–Crippen LogP) is 1.96. The number of carbonyl (C=O) groups excluding carboxylic acids is 2. The molecule has 0 radical (unpaired) electrons. The summed E-state index contributed by atoms with van der Waals surface area (Å²) < 4.78 is 32.5. The fourth-order valence-corrected chi connectivity index (χ4v) is 5.21. The van der Waals surface area contributed by atoms with Crippen molar-refractivity contribution in [1.29, 1.82) is 0 Å². The lowest BCUT2D eigenvalue weighted by Crippen LogP contribution is -2.47. The van der Waals surface area contributed by atoms with Crippen LogP contribution in [0.4, 0.5) is 4.79 Å². The lowest BCUT2D eigenvalue weighted by molar-refractivity contribution is -0.125. The molecule has 3 aromatic rings. The molecule has 1 saturated heterocycles. The van der Waals surface area contributed by atoms with Gasteiger partial charge in [0.1, 0.15) is 17.2 Å². The molecule has 2 atom stereocenters. The first kappa shape index (κ1) is 25.6. The van der Waals surface area contributed by atoms with Crippen molar-refractivity contribution in [1.82, 2.24) is 24.2 Å². The zero-order valence-corrected chi connectivity index (χ0v) is 21.3. The molecule has 1 aromatic carbocycles. The number of amides is 2. The Kier molecular flexibility index (Phi) is 6.76. The van der Waals surface area contributed by atoms with Crippen molar-refractivity contribution < 1.29 is 27.9 Å². The molecule has 2 aromatic heterocycles.